The van der Waals surface area contributed by atoms with E-state index in [4.69, 9.17) is 5.73 Å². The number of aryl methyl sites for hydroxylation is 1. The van der Waals surface area contributed by atoms with Gasteiger partial charge in [-0.1, -0.05) is 31.5 Å². The fourth-order valence-corrected chi connectivity index (χ4v) is 2.45. The first-order valence-corrected chi connectivity index (χ1v) is 6.66. The van der Waals surface area contributed by atoms with Crippen LogP contribution in [0.15, 0.2) is 18.2 Å². The van der Waals surface area contributed by atoms with Crippen molar-refractivity contribution in [3.63, 3.8) is 0 Å². The van der Waals surface area contributed by atoms with Crippen molar-refractivity contribution in [1.82, 2.24) is 0 Å². The molecule has 0 unspecified atom stereocenters. The number of anilines is 1. The van der Waals surface area contributed by atoms with Crippen molar-refractivity contribution in [2.45, 2.75) is 46.1 Å². The first kappa shape index (κ1) is 14.0. The maximum atomic E-state index is 5.70. The van der Waals surface area contributed by atoms with Crippen LogP contribution in [0.5, 0.6) is 0 Å². The van der Waals surface area contributed by atoms with Crippen LogP contribution in [-0.4, -0.2) is 19.6 Å². The van der Waals surface area contributed by atoms with E-state index < -0.39 is 0 Å². The SMILES string of the molecule is CCC(CC)N(C)c1ccc(C)cc1CCN. The summed E-state index contributed by atoms with van der Waals surface area (Å²) in [6, 6.07) is 7.31. The maximum absolute atomic E-state index is 5.70. The van der Waals surface area contributed by atoms with Crippen molar-refractivity contribution < 1.29 is 0 Å². The van der Waals surface area contributed by atoms with E-state index in [9.17, 15) is 0 Å². The average Bonchev–Trinajstić information content (AvgIpc) is 2.31. The van der Waals surface area contributed by atoms with Gasteiger partial charge in [-0.25, -0.2) is 0 Å². The van der Waals surface area contributed by atoms with Crippen molar-refractivity contribution in [1.29, 1.82) is 0 Å². The monoisotopic (exact) mass is 234 g/mol. The van der Waals surface area contributed by atoms with Crippen LogP contribution < -0.4 is 10.6 Å². The lowest BCUT2D eigenvalue weighted by atomic mass is 10.0. The van der Waals surface area contributed by atoms with Crippen LogP contribution >= 0.6 is 0 Å². The van der Waals surface area contributed by atoms with E-state index in [1.165, 1.54) is 29.7 Å². The lowest BCUT2D eigenvalue weighted by Crippen LogP contribution is -2.31. The Bertz CT molecular complexity index is 343. The molecule has 0 radical (unpaired) electrons. The molecule has 1 rings (SSSR count). The van der Waals surface area contributed by atoms with Crippen molar-refractivity contribution in [3.05, 3.63) is 29.3 Å². The molecular formula is C15H26N2. The zero-order valence-corrected chi connectivity index (χ0v) is 11.7. The van der Waals surface area contributed by atoms with E-state index >= 15 is 0 Å². The number of benzene rings is 1. The highest BCUT2D eigenvalue weighted by Crippen LogP contribution is 2.24. The topological polar surface area (TPSA) is 29.3 Å². The number of rotatable bonds is 6. The molecule has 2 N–H and O–H groups in total. The largest absolute Gasteiger partial charge is 0.371 e. The van der Waals surface area contributed by atoms with E-state index in [0.717, 1.165) is 6.42 Å². The van der Waals surface area contributed by atoms with Gasteiger partial charge >= 0.3 is 0 Å². The highest BCUT2D eigenvalue weighted by atomic mass is 15.1. The summed E-state index contributed by atoms with van der Waals surface area (Å²) in [5, 5.41) is 0. The molecule has 0 aromatic heterocycles. The molecule has 17 heavy (non-hydrogen) atoms. The molecule has 0 bridgehead atoms. The number of hydrogen-bond donors (Lipinski definition) is 1. The van der Waals surface area contributed by atoms with Gasteiger partial charge in [0.15, 0.2) is 0 Å². The molecule has 0 fully saturated rings. The minimum Gasteiger partial charge on any atom is -0.371 e. The third-order valence-corrected chi connectivity index (χ3v) is 3.52. The second-order valence-electron chi connectivity index (χ2n) is 4.75. The minimum absolute atomic E-state index is 0.620. The molecule has 0 saturated heterocycles. The van der Waals surface area contributed by atoms with Crippen LogP contribution in [0.3, 0.4) is 0 Å². The smallest absolute Gasteiger partial charge is 0.0399 e. The number of nitrogens with two attached hydrogens (primary N) is 1. The van der Waals surface area contributed by atoms with Crippen molar-refractivity contribution in [2.24, 2.45) is 5.73 Å². The molecule has 2 nitrogen and oxygen atoms in total. The van der Waals surface area contributed by atoms with E-state index in [0.29, 0.717) is 12.6 Å². The first-order chi connectivity index (χ1) is 8.13. The van der Waals surface area contributed by atoms with Crippen molar-refractivity contribution >= 4 is 5.69 Å². The predicted octanol–water partition coefficient (Wildman–Crippen LogP) is 3.12. The Morgan fingerprint density at radius 1 is 1.24 bits per heavy atom. The molecule has 0 spiro atoms. The molecule has 0 aliphatic rings. The maximum Gasteiger partial charge on any atom is 0.0399 e. The van der Waals surface area contributed by atoms with Gasteiger partial charge in [0, 0.05) is 18.8 Å². The second kappa shape index (κ2) is 6.65. The molecule has 1 aromatic rings. The molecule has 0 heterocycles. The van der Waals surface area contributed by atoms with E-state index in [1.807, 2.05) is 0 Å². The molecule has 0 aliphatic heterocycles. The second-order valence-corrected chi connectivity index (χ2v) is 4.75. The molecule has 96 valence electrons. The van der Waals surface area contributed by atoms with Gasteiger partial charge in [0.05, 0.1) is 0 Å². The van der Waals surface area contributed by atoms with Gasteiger partial charge in [-0.05, 0) is 44.4 Å². The van der Waals surface area contributed by atoms with Gasteiger partial charge in [-0.2, -0.15) is 0 Å². The van der Waals surface area contributed by atoms with Gasteiger partial charge in [-0.15, -0.1) is 0 Å². The van der Waals surface area contributed by atoms with Crippen LogP contribution in [0.25, 0.3) is 0 Å². The van der Waals surface area contributed by atoms with Crippen LogP contribution in [0.4, 0.5) is 5.69 Å². The Kier molecular flexibility index (Phi) is 5.49. The quantitative estimate of drug-likeness (QED) is 0.819. The Labute approximate surface area is 106 Å². The Morgan fingerprint density at radius 3 is 2.41 bits per heavy atom. The summed E-state index contributed by atoms with van der Waals surface area (Å²) in [5.74, 6) is 0. The molecule has 0 atom stereocenters. The Morgan fingerprint density at radius 2 is 1.88 bits per heavy atom. The lowest BCUT2D eigenvalue weighted by molar-refractivity contribution is 0.590. The van der Waals surface area contributed by atoms with Gasteiger partial charge in [-0.3, -0.25) is 0 Å². The zero-order chi connectivity index (χ0) is 12.8. The third kappa shape index (κ3) is 3.47. The normalized spacial score (nSPS) is 10.9. The molecule has 2 heteroatoms. The third-order valence-electron chi connectivity index (χ3n) is 3.52. The summed E-state index contributed by atoms with van der Waals surface area (Å²) >= 11 is 0. The summed E-state index contributed by atoms with van der Waals surface area (Å²) in [6.07, 6.45) is 3.33. The highest BCUT2D eigenvalue weighted by molar-refractivity contribution is 5.55. The first-order valence-electron chi connectivity index (χ1n) is 6.66. The van der Waals surface area contributed by atoms with E-state index in [1.54, 1.807) is 0 Å². The van der Waals surface area contributed by atoms with Gasteiger partial charge in [0.1, 0.15) is 0 Å². The van der Waals surface area contributed by atoms with Gasteiger partial charge < -0.3 is 10.6 Å². The molecule has 0 aliphatic carbocycles. The molecule has 0 amide bonds. The summed E-state index contributed by atoms with van der Waals surface area (Å²) in [7, 11) is 2.20. The molecule has 1 aromatic carbocycles. The van der Waals surface area contributed by atoms with Crippen molar-refractivity contribution in [3.8, 4) is 0 Å². The fourth-order valence-electron chi connectivity index (χ4n) is 2.45. The summed E-state index contributed by atoms with van der Waals surface area (Å²) < 4.78 is 0. The Balaban J connectivity index is 3.02. The van der Waals surface area contributed by atoms with Crippen LogP contribution in [-0.2, 0) is 6.42 Å². The van der Waals surface area contributed by atoms with E-state index in [2.05, 4.69) is 50.9 Å². The average molecular weight is 234 g/mol. The number of hydrogen-bond acceptors (Lipinski definition) is 2. The minimum atomic E-state index is 0.620. The lowest BCUT2D eigenvalue weighted by Gasteiger charge is -2.30. The number of nitrogens with zero attached hydrogens (tertiary/aromatic N) is 1. The summed E-state index contributed by atoms with van der Waals surface area (Å²) in [5.41, 5.74) is 9.74. The Hall–Kier alpha value is -1.02. The highest BCUT2D eigenvalue weighted by Gasteiger charge is 2.14. The standard InChI is InChI=1S/C15H26N2/c1-5-14(6-2)17(4)15-8-7-12(3)11-13(15)9-10-16/h7-8,11,14H,5-6,9-10,16H2,1-4H3. The summed E-state index contributed by atoms with van der Waals surface area (Å²) in [4.78, 5) is 2.41. The molecular weight excluding hydrogens is 208 g/mol. The van der Waals surface area contributed by atoms with Crippen LogP contribution in [0, 0.1) is 6.92 Å². The van der Waals surface area contributed by atoms with Gasteiger partial charge in [0.2, 0.25) is 0 Å². The zero-order valence-electron chi connectivity index (χ0n) is 11.7. The molecule has 0 saturated carbocycles. The van der Waals surface area contributed by atoms with E-state index in [-0.39, 0.29) is 0 Å². The summed E-state index contributed by atoms with van der Waals surface area (Å²) in [6.45, 7) is 7.36. The predicted molar refractivity (Wildman–Crippen MR) is 76.7 cm³/mol. The van der Waals surface area contributed by atoms with Crippen LogP contribution in [0.1, 0.15) is 37.8 Å². The van der Waals surface area contributed by atoms with Crippen LogP contribution in [0.2, 0.25) is 0 Å². The van der Waals surface area contributed by atoms with Gasteiger partial charge in [0.25, 0.3) is 0 Å². The van der Waals surface area contributed by atoms with Crippen molar-refractivity contribution in [2.75, 3.05) is 18.5 Å². The fraction of sp³-hybridized carbons (Fsp3) is 0.600.